The van der Waals surface area contributed by atoms with Crippen LogP contribution < -0.4 is 0 Å². The normalized spacial score (nSPS) is 15.7. The van der Waals surface area contributed by atoms with Gasteiger partial charge in [-0.1, -0.05) is 0 Å². The van der Waals surface area contributed by atoms with Gasteiger partial charge in [-0.2, -0.15) is 8.78 Å². The highest BCUT2D eigenvalue weighted by Gasteiger charge is 2.38. The van der Waals surface area contributed by atoms with Crippen LogP contribution in [-0.2, 0) is 4.74 Å². The van der Waals surface area contributed by atoms with E-state index in [9.17, 15) is 13.2 Å². The van der Waals surface area contributed by atoms with Crippen LogP contribution in [0.4, 0.5) is 13.2 Å². The molecule has 0 rings (SSSR count). The van der Waals surface area contributed by atoms with Gasteiger partial charge < -0.3 is 4.74 Å². The Morgan fingerprint density at radius 3 is 2.22 bits per heavy atom. The van der Waals surface area contributed by atoms with E-state index in [4.69, 9.17) is 0 Å². The van der Waals surface area contributed by atoms with Crippen molar-refractivity contribution in [2.75, 3.05) is 6.61 Å². The molecular weight excluding hydrogens is 156 g/mol. The fourth-order valence-electron chi connectivity index (χ4n) is 0.241. The van der Waals surface area contributed by atoms with Crippen molar-refractivity contribution in [3.05, 3.63) is 0 Å². The molecule has 0 heterocycles. The molecule has 0 bridgehead atoms. The molecule has 0 aliphatic carbocycles. The standard InChI is InChI=1S/C4H6ClF3O/c1-2-9-3(6)4(5,7)8/h3H,2H2,1H3. The summed E-state index contributed by atoms with van der Waals surface area (Å²) in [5, 5.41) is -3.91. The monoisotopic (exact) mass is 162 g/mol. The molecule has 5 heteroatoms. The van der Waals surface area contributed by atoms with Crippen molar-refractivity contribution in [3.8, 4) is 0 Å². The van der Waals surface area contributed by atoms with E-state index in [1.807, 2.05) is 0 Å². The third kappa shape index (κ3) is 3.59. The molecule has 0 aromatic carbocycles. The van der Waals surface area contributed by atoms with Crippen LogP contribution in [0.3, 0.4) is 0 Å². The van der Waals surface area contributed by atoms with Gasteiger partial charge in [0.05, 0.1) is 0 Å². The van der Waals surface area contributed by atoms with Crippen molar-refractivity contribution in [1.82, 2.24) is 0 Å². The summed E-state index contributed by atoms with van der Waals surface area (Å²) in [6.07, 6.45) is -2.70. The van der Waals surface area contributed by atoms with Gasteiger partial charge in [-0.3, -0.25) is 0 Å². The second-order valence-electron chi connectivity index (χ2n) is 1.31. The van der Waals surface area contributed by atoms with Gasteiger partial charge in [0.25, 0.3) is 6.36 Å². The lowest BCUT2D eigenvalue weighted by molar-refractivity contribution is -0.148. The molecule has 0 N–H and O–H groups in total. The summed E-state index contributed by atoms with van der Waals surface area (Å²) in [4.78, 5) is 0. The van der Waals surface area contributed by atoms with Crippen LogP contribution in [0.1, 0.15) is 6.92 Å². The lowest BCUT2D eigenvalue weighted by atomic mass is 10.7. The first-order chi connectivity index (χ1) is 3.98. The summed E-state index contributed by atoms with van der Waals surface area (Å²) in [5.74, 6) is 0. The molecule has 0 radical (unpaired) electrons. The Morgan fingerprint density at radius 2 is 2.11 bits per heavy atom. The van der Waals surface area contributed by atoms with E-state index < -0.39 is 11.7 Å². The zero-order chi connectivity index (χ0) is 7.49. The van der Waals surface area contributed by atoms with Gasteiger partial charge in [-0.25, -0.2) is 4.39 Å². The zero-order valence-corrected chi connectivity index (χ0v) is 5.46. The van der Waals surface area contributed by atoms with Gasteiger partial charge in [0, 0.05) is 6.61 Å². The number of ether oxygens (including phenoxy) is 1. The molecule has 56 valence electrons. The first-order valence-corrected chi connectivity index (χ1v) is 2.68. The lowest BCUT2D eigenvalue weighted by Crippen LogP contribution is -2.25. The van der Waals surface area contributed by atoms with Gasteiger partial charge >= 0.3 is 5.38 Å². The van der Waals surface area contributed by atoms with Gasteiger partial charge in [-0.05, 0) is 18.5 Å². The number of alkyl halides is 4. The fraction of sp³-hybridized carbons (Fsp3) is 1.00. The van der Waals surface area contributed by atoms with Crippen molar-refractivity contribution < 1.29 is 17.9 Å². The molecule has 0 amide bonds. The summed E-state index contributed by atoms with van der Waals surface area (Å²) < 4.78 is 38.8. The molecule has 1 nitrogen and oxygen atoms in total. The minimum atomic E-state index is -3.91. The van der Waals surface area contributed by atoms with Crippen LogP contribution in [0, 0.1) is 0 Å². The number of hydrogen-bond acceptors (Lipinski definition) is 1. The van der Waals surface area contributed by atoms with E-state index in [-0.39, 0.29) is 6.61 Å². The molecule has 1 atom stereocenters. The topological polar surface area (TPSA) is 9.23 Å². The maximum atomic E-state index is 11.8. The molecule has 1 unspecified atom stereocenters. The molecule has 0 fully saturated rings. The average Bonchev–Trinajstić information content (AvgIpc) is 1.64. The zero-order valence-electron chi connectivity index (χ0n) is 4.70. The molecule has 0 aliphatic rings. The fourth-order valence-corrected chi connectivity index (χ4v) is 0.304. The minimum absolute atomic E-state index is 0.122. The number of hydrogen-bond donors (Lipinski definition) is 0. The average molecular weight is 163 g/mol. The lowest BCUT2D eigenvalue weighted by Gasteiger charge is -2.12. The van der Waals surface area contributed by atoms with Crippen LogP contribution in [0.5, 0.6) is 0 Å². The summed E-state index contributed by atoms with van der Waals surface area (Å²) >= 11 is 4.23. The molecule has 0 aromatic rings. The predicted octanol–water partition coefficient (Wildman–Crippen LogP) is 2.15. The van der Waals surface area contributed by atoms with Crippen LogP contribution in [0.15, 0.2) is 0 Å². The minimum Gasteiger partial charge on any atom is -0.343 e. The van der Waals surface area contributed by atoms with Gasteiger partial charge in [0.15, 0.2) is 0 Å². The molecule has 0 aliphatic heterocycles. The largest absolute Gasteiger partial charge is 0.376 e. The van der Waals surface area contributed by atoms with Crippen molar-refractivity contribution in [2.24, 2.45) is 0 Å². The smallest absolute Gasteiger partial charge is 0.343 e. The number of rotatable bonds is 3. The molecule has 0 spiro atoms. The van der Waals surface area contributed by atoms with E-state index >= 15 is 0 Å². The Kier molecular flexibility index (Phi) is 3.28. The van der Waals surface area contributed by atoms with Gasteiger partial charge in [0.2, 0.25) is 0 Å². The Labute approximate surface area is 55.7 Å². The highest BCUT2D eigenvalue weighted by molar-refractivity contribution is 6.22. The molecular formula is C4H6ClF3O. The second-order valence-corrected chi connectivity index (χ2v) is 1.82. The van der Waals surface area contributed by atoms with E-state index in [0.717, 1.165) is 0 Å². The van der Waals surface area contributed by atoms with Crippen molar-refractivity contribution in [3.63, 3.8) is 0 Å². The summed E-state index contributed by atoms with van der Waals surface area (Å²) in [7, 11) is 0. The second kappa shape index (κ2) is 3.27. The highest BCUT2D eigenvalue weighted by atomic mass is 35.5. The number of halogens is 4. The molecule has 0 aromatic heterocycles. The van der Waals surface area contributed by atoms with Crippen LogP contribution in [-0.4, -0.2) is 18.3 Å². The maximum Gasteiger partial charge on any atom is 0.376 e. The third-order valence-electron chi connectivity index (χ3n) is 0.570. The van der Waals surface area contributed by atoms with E-state index in [1.54, 1.807) is 0 Å². The Hall–Kier alpha value is 0.0400. The van der Waals surface area contributed by atoms with Crippen LogP contribution in [0.25, 0.3) is 0 Å². The summed E-state index contributed by atoms with van der Waals surface area (Å²) in [5.41, 5.74) is 0. The SMILES string of the molecule is CCOC(F)C(F)(F)Cl. The van der Waals surface area contributed by atoms with Gasteiger partial charge in [-0.15, -0.1) is 0 Å². The Balaban J connectivity index is 3.59. The Morgan fingerprint density at radius 1 is 1.67 bits per heavy atom. The summed E-state index contributed by atoms with van der Waals surface area (Å²) in [6, 6.07) is 0. The van der Waals surface area contributed by atoms with Gasteiger partial charge in [0.1, 0.15) is 0 Å². The molecule has 0 saturated heterocycles. The first-order valence-electron chi connectivity index (χ1n) is 2.31. The Bertz CT molecular complexity index is 82.4. The molecule has 9 heavy (non-hydrogen) atoms. The van der Waals surface area contributed by atoms with Crippen molar-refractivity contribution in [2.45, 2.75) is 18.7 Å². The quantitative estimate of drug-likeness (QED) is 0.578. The highest BCUT2D eigenvalue weighted by Crippen LogP contribution is 2.26. The predicted molar refractivity (Wildman–Crippen MR) is 27.3 cm³/mol. The maximum absolute atomic E-state index is 11.8. The van der Waals surface area contributed by atoms with Crippen LogP contribution >= 0.6 is 11.6 Å². The van der Waals surface area contributed by atoms with E-state index in [2.05, 4.69) is 16.3 Å². The van der Waals surface area contributed by atoms with Crippen molar-refractivity contribution >= 4 is 11.6 Å². The van der Waals surface area contributed by atoms with E-state index in [0.29, 0.717) is 0 Å². The van der Waals surface area contributed by atoms with Crippen molar-refractivity contribution in [1.29, 1.82) is 0 Å². The first kappa shape index (κ1) is 9.04. The molecule has 0 saturated carbocycles. The summed E-state index contributed by atoms with van der Waals surface area (Å²) in [6.45, 7) is 1.28. The third-order valence-corrected chi connectivity index (χ3v) is 0.742. The van der Waals surface area contributed by atoms with Crippen LogP contribution in [0.2, 0.25) is 0 Å². The van der Waals surface area contributed by atoms with E-state index in [1.165, 1.54) is 6.92 Å².